The molecule has 2 aliphatic rings. The van der Waals surface area contributed by atoms with Gasteiger partial charge in [-0.3, -0.25) is 43.6 Å². The molecule has 0 aliphatic carbocycles. The molecule has 0 radical (unpaired) electrons. The molecule has 1 aromatic rings. The number of aromatic nitrogens is 2. The summed E-state index contributed by atoms with van der Waals surface area (Å²) in [4.78, 5) is 118. The lowest BCUT2D eigenvalue weighted by atomic mass is 9.97. The first kappa shape index (κ1) is 48.9. The molecule has 1 unspecified atom stereocenters. The Morgan fingerprint density at radius 2 is 1.62 bits per heavy atom. The van der Waals surface area contributed by atoms with Crippen molar-refractivity contribution in [3.8, 4) is 0 Å². The number of hydrogen-bond donors (Lipinski definition) is 13. The number of aliphatic hydroxyl groups excluding tert-OH is 1. The van der Waals surface area contributed by atoms with Gasteiger partial charge in [-0.05, 0) is 51.9 Å². The Labute approximate surface area is 350 Å². The van der Waals surface area contributed by atoms with E-state index in [9.17, 15) is 43.2 Å². The molecule has 3 heterocycles. The maximum absolute atomic E-state index is 13.1. The highest BCUT2D eigenvalue weighted by Crippen LogP contribution is 2.33. The molecule has 1 aromatic heterocycles. The zero-order valence-corrected chi connectivity index (χ0v) is 34.3. The fourth-order valence-electron chi connectivity index (χ4n) is 6.58. The van der Waals surface area contributed by atoms with E-state index in [2.05, 4.69) is 52.5 Å². The van der Waals surface area contributed by atoms with Gasteiger partial charge in [-0.25, -0.2) is 15.3 Å². The summed E-state index contributed by atoms with van der Waals surface area (Å²) in [5, 5.41) is 39.2. The lowest BCUT2D eigenvalue weighted by Crippen LogP contribution is -2.55. The van der Waals surface area contributed by atoms with Crippen molar-refractivity contribution >= 4 is 65.1 Å². The van der Waals surface area contributed by atoms with E-state index in [0.717, 1.165) is 25.0 Å². The molecule has 60 heavy (non-hydrogen) atoms. The number of rotatable bonds is 28. The lowest BCUT2D eigenvalue weighted by Gasteiger charge is -2.22. The molecule has 0 spiro atoms. The summed E-state index contributed by atoms with van der Waals surface area (Å²) in [6.45, 7) is 0.355. The number of thioether (sulfide) groups is 1. The van der Waals surface area contributed by atoms with Gasteiger partial charge in [-0.1, -0.05) is 6.42 Å². The van der Waals surface area contributed by atoms with Crippen LogP contribution in [0.1, 0.15) is 76.8 Å². The summed E-state index contributed by atoms with van der Waals surface area (Å²) in [6.07, 6.45) is 6.65. The summed E-state index contributed by atoms with van der Waals surface area (Å²) in [6, 6.07) is -3.29. The highest BCUT2D eigenvalue weighted by molar-refractivity contribution is 8.00. The van der Waals surface area contributed by atoms with Gasteiger partial charge in [0.25, 0.3) is 0 Å². The molecule has 2 aliphatic heterocycles. The maximum Gasteiger partial charge on any atom is 0.315 e. The number of primary amides is 1. The minimum absolute atomic E-state index is 0.0819. The van der Waals surface area contributed by atoms with Crippen LogP contribution in [0, 0.1) is 5.92 Å². The zero-order valence-electron chi connectivity index (χ0n) is 33.5. The first-order chi connectivity index (χ1) is 28.7. The number of unbranched alkanes of at least 4 members (excludes halogenated alkanes) is 2. The van der Waals surface area contributed by atoms with Gasteiger partial charge in [0.15, 0.2) is 0 Å². The third-order valence-corrected chi connectivity index (χ3v) is 11.4. The molecule has 0 saturated carbocycles. The lowest BCUT2D eigenvalue weighted by molar-refractivity contribution is -0.136. The predicted molar refractivity (Wildman–Crippen MR) is 214 cm³/mol. The molecular formula is C36H58N12O11S. The molecule has 7 atom stereocenters. The largest absolute Gasteiger partial charge is 0.396 e. The number of nitrogens with two attached hydrogens (primary N) is 1. The number of nitrogens with one attached hydrogen (secondary N) is 10. The van der Waals surface area contributed by atoms with Crippen LogP contribution < -0.4 is 53.7 Å². The van der Waals surface area contributed by atoms with Crippen LogP contribution in [0.15, 0.2) is 12.5 Å². The number of hydroxylamine groups is 1. The number of imidazole rings is 1. The quantitative estimate of drug-likeness (QED) is 0.0168. The molecule has 0 bridgehead atoms. The van der Waals surface area contributed by atoms with Crippen molar-refractivity contribution in [2.24, 2.45) is 11.7 Å². The Hall–Kier alpha value is -5.49. The number of carbonyl (C=O) groups excluding carboxylic acids is 9. The second-order valence-corrected chi connectivity index (χ2v) is 15.9. The standard InChI is InChI=1S/C36H58N12O11S/c1-20(43-34(56)21(7-6-12-49)13-28(51)48-59)33(55)45-24(14-22-15-38-19-42-22)35(57)41-16-29(52)40-17-30(53)44-23(32(37)54)8-4-5-11-39-27(50)10-3-2-9-26-31-25(18-60-26)46-36(58)47-31/h15,19-21,23-26,31,49,59H,2-14,16-18H2,1H3,(H2,37,54)(H,38,42)(H,39,50)(H,40,52)(H,41,57)(H,43,56)(H,44,53)(H,45,55)(H,48,51)(H2,46,47,58)/t20-,21?,23-,24-,25-,26-,31-/m0/s1. The normalized spacial score (nSPS) is 18.6. The molecule has 10 amide bonds. The third-order valence-electron chi connectivity index (χ3n) is 9.87. The van der Waals surface area contributed by atoms with Gasteiger partial charge >= 0.3 is 6.03 Å². The van der Waals surface area contributed by atoms with Crippen molar-refractivity contribution < 1.29 is 53.5 Å². The minimum Gasteiger partial charge on any atom is -0.396 e. The highest BCUT2D eigenvalue weighted by Gasteiger charge is 2.42. The first-order valence-electron chi connectivity index (χ1n) is 19.9. The number of fused-ring (bicyclic) bond motifs is 1. The van der Waals surface area contributed by atoms with Crippen LogP contribution in [-0.2, 0) is 44.8 Å². The Morgan fingerprint density at radius 3 is 2.32 bits per heavy atom. The molecule has 334 valence electrons. The summed E-state index contributed by atoms with van der Waals surface area (Å²) in [5.74, 6) is -5.48. The van der Waals surface area contributed by atoms with E-state index < -0.39 is 84.9 Å². The van der Waals surface area contributed by atoms with Gasteiger partial charge in [-0.2, -0.15) is 11.8 Å². The smallest absolute Gasteiger partial charge is 0.315 e. The van der Waals surface area contributed by atoms with Crippen molar-refractivity contribution in [3.63, 3.8) is 0 Å². The van der Waals surface area contributed by atoms with Gasteiger partial charge < -0.3 is 58.4 Å². The molecule has 23 nitrogen and oxygen atoms in total. The predicted octanol–water partition coefficient (Wildman–Crippen LogP) is -3.56. The summed E-state index contributed by atoms with van der Waals surface area (Å²) < 4.78 is 0. The minimum atomic E-state index is -1.25. The van der Waals surface area contributed by atoms with E-state index in [1.165, 1.54) is 24.9 Å². The summed E-state index contributed by atoms with van der Waals surface area (Å²) in [7, 11) is 0. The van der Waals surface area contributed by atoms with E-state index >= 15 is 0 Å². The van der Waals surface area contributed by atoms with Crippen molar-refractivity contribution in [1.29, 1.82) is 0 Å². The number of aliphatic hydroxyl groups is 1. The second-order valence-electron chi connectivity index (χ2n) is 14.6. The van der Waals surface area contributed by atoms with Crippen molar-refractivity contribution in [2.75, 3.05) is 32.0 Å². The van der Waals surface area contributed by atoms with Crippen LogP contribution in [0.25, 0.3) is 0 Å². The molecule has 2 saturated heterocycles. The number of carbonyl (C=O) groups is 9. The van der Waals surface area contributed by atoms with Crippen LogP contribution in [0.2, 0.25) is 0 Å². The number of hydrogen-bond acceptors (Lipinski definition) is 13. The van der Waals surface area contributed by atoms with Gasteiger partial charge in [0.2, 0.25) is 47.3 Å². The Bertz CT molecular complexity index is 1640. The number of H-pyrrole nitrogens is 1. The fraction of sp³-hybridized carbons (Fsp3) is 0.667. The molecule has 0 aromatic carbocycles. The van der Waals surface area contributed by atoms with Crippen molar-refractivity contribution in [3.05, 3.63) is 18.2 Å². The van der Waals surface area contributed by atoms with Gasteiger partial charge in [0.1, 0.15) is 18.1 Å². The maximum atomic E-state index is 13.1. The number of nitrogens with zero attached hydrogens (tertiary/aromatic N) is 1. The van der Waals surface area contributed by atoms with E-state index in [0.29, 0.717) is 36.8 Å². The van der Waals surface area contributed by atoms with Crippen LogP contribution >= 0.6 is 11.8 Å². The fourth-order valence-corrected chi connectivity index (χ4v) is 8.12. The van der Waals surface area contributed by atoms with E-state index in [1.807, 2.05) is 11.8 Å². The SMILES string of the molecule is C[C@H](NC(=O)C(CCCO)CC(=O)NO)C(=O)N[C@@H](Cc1cnc[nH]1)C(=O)NCC(=O)NCC(=O)N[C@@H](CCCCNC(=O)CCCC[C@@H]1SC[C@@H]2NC(=O)N[C@@H]21)C(N)=O. The van der Waals surface area contributed by atoms with E-state index in [4.69, 9.17) is 16.0 Å². The topological polar surface area (TPSA) is 357 Å². The monoisotopic (exact) mass is 866 g/mol. The van der Waals surface area contributed by atoms with Crippen molar-refractivity contribution in [2.45, 2.75) is 113 Å². The zero-order chi connectivity index (χ0) is 44.0. The summed E-state index contributed by atoms with van der Waals surface area (Å²) >= 11 is 1.83. The van der Waals surface area contributed by atoms with E-state index in [1.54, 1.807) is 0 Å². The number of amides is 10. The van der Waals surface area contributed by atoms with Crippen LogP contribution in [0.3, 0.4) is 0 Å². The Morgan fingerprint density at radius 1 is 0.850 bits per heavy atom. The van der Waals surface area contributed by atoms with E-state index in [-0.39, 0.29) is 56.3 Å². The highest BCUT2D eigenvalue weighted by atomic mass is 32.2. The van der Waals surface area contributed by atoms with Crippen LogP contribution in [-0.4, -0.2) is 141 Å². The molecule has 24 heteroatoms. The third kappa shape index (κ3) is 17.4. The van der Waals surface area contributed by atoms with Gasteiger partial charge in [-0.15, -0.1) is 0 Å². The van der Waals surface area contributed by atoms with Crippen molar-refractivity contribution in [1.82, 2.24) is 58.0 Å². The Kier molecular flexibility index (Phi) is 21.1. The average Bonchev–Trinajstić information content (AvgIpc) is 3.96. The molecule has 14 N–H and O–H groups in total. The van der Waals surface area contributed by atoms with Crippen LogP contribution in [0.5, 0.6) is 0 Å². The Balaban J connectivity index is 1.34. The molecule has 2 fully saturated rings. The average molecular weight is 867 g/mol. The molecular weight excluding hydrogens is 809 g/mol. The number of aromatic amines is 1. The molecule has 3 rings (SSSR count). The second kappa shape index (κ2) is 25.9. The first-order valence-corrected chi connectivity index (χ1v) is 21.0. The van der Waals surface area contributed by atoms with Crippen LogP contribution in [0.4, 0.5) is 4.79 Å². The van der Waals surface area contributed by atoms with Gasteiger partial charge in [0, 0.05) is 61.2 Å². The summed E-state index contributed by atoms with van der Waals surface area (Å²) in [5.41, 5.74) is 7.37. The number of urea groups is 1. The van der Waals surface area contributed by atoms with Gasteiger partial charge in [0.05, 0.1) is 31.5 Å².